The molecule has 3 N–H and O–H groups in total. The summed E-state index contributed by atoms with van der Waals surface area (Å²) in [5.41, 5.74) is -0.195. The molecule has 1 atom stereocenters. The average Bonchev–Trinajstić information content (AvgIpc) is 2.36. The predicted molar refractivity (Wildman–Crippen MR) is 64.6 cm³/mol. The topological polar surface area (TPSA) is 78.8 Å². The second-order valence-corrected chi connectivity index (χ2v) is 3.84. The van der Waals surface area contributed by atoms with E-state index in [1.54, 1.807) is 0 Å². The minimum Gasteiger partial charge on any atom is -0.506 e. The molecule has 0 amide bonds. The number of esters is 1. The zero-order chi connectivity index (χ0) is 13.7. The van der Waals surface area contributed by atoms with E-state index in [-0.39, 0.29) is 29.4 Å². The van der Waals surface area contributed by atoms with Crippen LogP contribution in [0, 0.1) is 5.82 Å². The highest BCUT2D eigenvalue weighted by molar-refractivity contribution is 6.18. The third-order valence-corrected chi connectivity index (χ3v) is 2.55. The largest absolute Gasteiger partial charge is 0.506 e. The van der Waals surface area contributed by atoms with E-state index in [9.17, 15) is 19.4 Å². The molecule has 0 aliphatic carbocycles. The van der Waals surface area contributed by atoms with Crippen LogP contribution in [0.25, 0.3) is 0 Å². The van der Waals surface area contributed by atoms with E-state index in [2.05, 4.69) is 10.1 Å². The van der Waals surface area contributed by atoms with Gasteiger partial charge in [0.2, 0.25) is 0 Å². The number of aliphatic hydroxyl groups excluding tert-OH is 1. The third kappa shape index (κ3) is 3.48. The maximum atomic E-state index is 13.4. The summed E-state index contributed by atoms with van der Waals surface area (Å²) in [5.74, 6) is -2.10. The number of carbonyl (C=O) groups excluding carboxylic acids is 1. The Hall–Kier alpha value is -1.53. The van der Waals surface area contributed by atoms with Crippen LogP contribution in [-0.2, 0) is 4.74 Å². The van der Waals surface area contributed by atoms with Crippen LogP contribution in [0.4, 0.5) is 10.1 Å². The summed E-state index contributed by atoms with van der Waals surface area (Å²) < 4.78 is 17.8. The minimum absolute atomic E-state index is 0.0127. The lowest BCUT2D eigenvalue weighted by molar-refractivity contribution is 0.0595. The monoisotopic (exact) mass is 277 g/mol. The van der Waals surface area contributed by atoms with Crippen LogP contribution in [0.2, 0.25) is 0 Å². The van der Waals surface area contributed by atoms with Gasteiger partial charge in [0, 0.05) is 12.6 Å². The quantitative estimate of drug-likeness (QED) is 0.430. The van der Waals surface area contributed by atoms with Crippen molar-refractivity contribution in [3.63, 3.8) is 0 Å². The van der Waals surface area contributed by atoms with Crippen molar-refractivity contribution in [2.24, 2.45) is 0 Å². The van der Waals surface area contributed by atoms with Gasteiger partial charge in [-0.25, -0.2) is 9.18 Å². The minimum atomic E-state index is -0.886. The van der Waals surface area contributed by atoms with E-state index >= 15 is 0 Å². The number of hydrogen-bond acceptors (Lipinski definition) is 5. The number of halogens is 2. The zero-order valence-corrected chi connectivity index (χ0v) is 10.4. The maximum absolute atomic E-state index is 13.4. The molecule has 0 aliphatic heterocycles. The summed E-state index contributed by atoms with van der Waals surface area (Å²) in [4.78, 5) is 11.2. The fourth-order valence-corrected chi connectivity index (χ4v) is 1.36. The zero-order valence-electron chi connectivity index (χ0n) is 9.61. The second-order valence-electron chi connectivity index (χ2n) is 3.53. The van der Waals surface area contributed by atoms with Gasteiger partial charge in [0.25, 0.3) is 0 Å². The molecule has 1 aromatic carbocycles. The molecular weight excluding hydrogens is 265 g/mol. The van der Waals surface area contributed by atoms with E-state index in [1.807, 2.05) is 0 Å². The molecule has 0 bridgehead atoms. The first kappa shape index (κ1) is 14.5. The van der Waals surface area contributed by atoms with E-state index in [4.69, 9.17) is 11.6 Å². The van der Waals surface area contributed by atoms with Crippen molar-refractivity contribution >= 4 is 23.3 Å². The molecule has 5 nitrogen and oxygen atoms in total. The Morgan fingerprint density at radius 3 is 2.83 bits per heavy atom. The molecule has 0 aliphatic rings. The molecule has 1 unspecified atom stereocenters. The summed E-state index contributed by atoms with van der Waals surface area (Å²) >= 11 is 5.40. The van der Waals surface area contributed by atoms with Crippen LogP contribution in [0.5, 0.6) is 5.75 Å². The normalized spacial score (nSPS) is 12.0. The molecule has 0 heterocycles. The van der Waals surface area contributed by atoms with Gasteiger partial charge in [-0.1, -0.05) is 0 Å². The molecule has 0 saturated heterocycles. The Balaban J connectivity index is 2.94. The molecule has 100 valence electrons. The van der Waals surface area contributed by atoms with Crippen molar-refractivity contribution in [1.29, 1.82) is 0 Å². The Morgan fingerprint density at radius 2 is 2.28 bits per heavy atom. The van der Waals surface area contributed by atoms with Crippen molar-refractivity contribution in [3.8, 4) is 5.75 Å². The van der Waals surface area contributed by atoms with E-state index < -0.39 is 17.9 Å². The van der Waals surface area contributed by atoms with Gasteiger partial charge in [0.1, 0.15) is 11.6 Å². The van der Waals surface area contributed by atoms with Gasteiger partial charge in [0.15, 0.2) is 0 Å². The van der Waals surface area contributed by atoms with Gasteiger partial charge >= 0.3 is 5.97 Å². The van der Waals surface area contributed by atoms with E-state index in [0.717, 1.165) is 19.2 Å². The number of benzene rings is 1. The Morgan fingerprint density at radius 1 is 1.61 bits per heavy atom. The number of aromatic hydroxyl groups is 1. The number of rotatable bonds is 5. The lowest BCUT2D eigenvalue weighted by atomic mass is 10.1. The lowest BCUT2D eigenvalue weighted by Gasteiger charge is -2.12. The van der Waals surface area contributed by atoms with Gasteiger partial charge in [-0.2, -0.15) is 0 Å². The van der Waals surface area contributed by atoms with Crippen LogP contribution in [-0.4, -0.2) is 41.8 Å². The van der Waals surface area contributed by atoms with Crippen LogP contribution >= 0.6 is 11.6 Å². The molecule has 0 spiro atoms. The third-order valence-electron chi connectivity index (χ3n) is 2.20. The molecule has 1 aromatic rings. The Bertz CT molecular complexity index is 441. The number of phenols is 1. The summed E-state index contributed by atoms with van der Waals surface area (Å²) in [7, 11) is 1.12. The lowest BCUT2D eigenvalue weighted by Crippen LogP contribution is -2.21. The van der Waals surface area contributed by atoms with Crippen LogP contribution in [0.1, 0.15) is 10.4 Å². The summed E-state index contributed by atoms with van der Waals surface area (Å²) in [6.07, 6.45) is -0.822. The summed E-state index contributed by atoms with van der Waals surface area (Å²) in [6.45, 7) is 0.0588. The van der Waals surface area contributed by atoms with E-state index in [0.29, 0.717) is 0 Å². The Labute approximate surface area is 108 Å². The number of methoxy groups -OCH3 is 1. The van der Waals surface area contributed by atoms with Crippen LogP contribution in [0.15, 0.2) is 12.1 Å². The standard InChI is InChI=1S/C11H13ClFNO4/c1-18-11(17)7-2-9(10(16)3-8(7)13)14-5-6(15)4-12/h2-3,6,14-16H,4-5H2,1H3. The molecule has 18 heavy (non-hydrogen) atoms. The van der Waals surface area contributed by atoms with Gasteiger partial charge in [0.05, 0.1) is 30.3 Å². The molecule has 0 radical (unpaired) electrons. The number of phenolic OH excluding ortho intramolecular Hbond substituents is 1. The number of hydrogen-bond donors (Lipinski definition) is 3. The van der Waals surface area contributed by atoms with Crippen molar-refractivity contribution in [1.82, 2.24) is 0 Å². The highest BCUT2D eigenvalue weighted by Crippen LogP contribution is 2.27. The van der Waals surface area contributed by atoms with E-state index in [1.165, 1.54) is 0 Å². The van der Waals surface area contributed by atoms with Gasteiger partial charge in [-0.3, -0.25) is 0 Å². The van der Waals surface area contributed by atoms with Gasteiger partial charge < -0.3 is 20.3 Å². The molecule has 0 saturated carbocycles. The Kier molecular flexibility index (Phi) is 5.18. The number of carbonyl (C=O) groups is 1. The highest BCUT2D eigenvalue weighted by Gasteiger charge is 2.16. The molecule has 1 rings (SSSR count). The first-order valence-electron chi connectivity index (χ1n) is 5.08. The van der Waals surface area contributed by atoms with Crippen molar-refractivity contribution in [2.45, 2.75) is 6.10 Å². The number of ether oxygens (including phenoxy) is 1. The van der Waals surface area contributed by atoms with Crippen LogP contribution in [0.3, 0.4) is 0 Å². The van der Waals surface area contributed by atoms with Crippen molar-refractivity contribution < 1.29 is 24.1 Å². The highest BCUT2D eigenvalue weighted by atomic mass is 35.5. The number of aliphatic hydroxyl groups is 1. The first-order chi connectivity index (χ1) is 8.49. The number of alkyl halides is 1. The SMILES string of the molecule is COC(=O)c1cc(NCC(O)CCl)c(O)cc1F. The van der Waals surface area contributed by atoms with Crippen molar-refractivity contribution in [3.05, 3.63) is 23.5 Å². The maximum Gasteiger partial charge on any atom is 0.340 e. The van der Waals surface area contributed by atoms with Crippen LogP contribution < -0.4 is 5.32 Å². The van der Waals surface area contributed by atoms with Gasteiger partial charge in [-0.05, 0) is 6.07 Å². The fraction of sp³-hybridized carbons (Fsp3) is 0.364. The molecule has 7 heteroatoms. The number of nitrogens with one attached hydrogen (secondary N) is 1. The molecular formula is C11H13ClFNO4. The fourth-order valence-electron chi connectivity index (χ4n) is 1.25. The predicted octanol–water partition coefficient (Wildman–Crippen LogP) is 1.33. The smallest absolute Gasteiger partial charge is 0.340 e. The number of anilines is 1. The second kappa shape index (κ2) is 6.42. The van der Waals surface area contributed by atoms with Crippen molar-refractivity contribution in [2.75, 3.05) is 24.9 Å². The average molecular weight is 278 g/mol. The summed E-state index contributed by atoms with van der Waals surface area (Å²) in [5, 5.41) is 21.4. The molecule has 0 aromatic heterocycles. The van der Waals surface area contributed by atoms with Gasteiger partial charge in [-0.15, -0.1) is 11.6 Å². The molecule has 0 fully saturated rings. The summed E-state index contributed by atoms with van der Waals surface area (Å²) in [6, 6.07) is 1.90. The first-order valence-corrected chi connectivity index (χ1v) is 5.61.